The molecule has 0 spiro atoms. The maximum atomic E-state index is 12.6. The molecule has 39 heavy (non-hydrogen) atoms. The van der Waals surface area contributed by atoms with Crippen LogP contribution in [0.5, 0.6) is 0 Å². The van der Waals surface area contributed by atoms with Gasteiger partial charge < -0.3 is 8.83 Å². The number of benzene rings is 4. The molecule has 0 amide bonds. The highest BCUT2D eigenvalue weighted by Crippen LogP contribution is 2.28. The summed E-state index contributed by atoms with van der Waals surface area (Å²) in [5.41, 5.74) is 5.53. The summed E-state index contributed by atoms with van der Waals surface area (Å²) in [7, 11) is 0. The molecule has 2 aromatic heterocycles. The summed E-state index contributed by atoms with van der Waals surface area (Å²) >= 11 is 2.77. The highest BCUT2D eigenvalue weighted by atomic mass is 32.2. The smallest absolute Gasteiger partial charge is 0.347 e. The van der Waals surface area contributed by atoms with Gasteiger partial charge >= 0.3 is 11.3 Å². The minimum Gasteiger partial charge on any atom is -0.397 e. The predicted molar refractivity (Wildman–Crippen MR) is 156 cm³/mol. The first-order valence-electron chi connectivity index (χ1n) is 12.3. The van der Waals surface area contributed by atoms with E-state index in [-0.39, 0.29) is 5.63 Å². The van der Waals surface area contributed by atoms with Crippen LogP contribution in [0.1, 0.15) is 16.7 Å². The van der Waals surface area contributed by atoms with Crippen LogP contribution in [0.25, 0.3) is 32.9 Å². The molecular weight excluding hydrogens is 528 g/mol. The zero-order chi connectivity index (χ0) is 26.8. The first-order valence-corrected chi connectivity index (χ1v) is 14.2. The van der Waals surface area contributed by atoms with Crippen molar-refractivity contribution in [1.82, 2.24) is 9.97 Å². The van der Waals surface area contributed by atoms with Crippen molar-refractivity contribution in [2.75, 3.05) is 0 Å². The summed E-state index contributed by atoms with van der Waals surface area (Å²) in [6, 6.07) is 29.1. The van der Waals surface area contributed by atoms with Crippen LogP contribution < -0.4 is 11.3 Å². The third kappa shape index (κ3) is 5.53. The van der Waals surface area contributed by atoms with Gasteiger partial charge in [0, 0.05) is 11.5 Å². The molecular formula is C31H22N2O4S2. The van der Waals surface area contributed by atoms with Gasteiger partial charge in [-0.3, -0.25) is 0 Å². The number of para-hydroxylation sites is 1. The Morgan fingerprint density at radius 3 is 2.13 bits per heavy atom. The van der Waals surface area contributed by atoms with Crippen molar-refractivity contribution in [3.05, 3.63) is 129 Å². The Bertz CT molecular complexity index is 1930. The van der Waals surface area contributed by atoms with Gasteiger partial charge in [-0.15, -0.1) is 0 Å². The second-order valence-corrected chi connectivity index (χ2v) is 10.9. The standard InChI is InChI=1S/C31H22N2O4S2/c1-19-7-5-12-25-27(19)33-31(37-29(25)35)39-18-21-10-6-11-22(15-21)23-13-14-24-26(16-23)32-30(36-28(24)34)38-17-20-8-3-2-4-9-20/h2-16H,17-18H2,1H3. The van der Waals surface area contributed by atoms with Gasteiger partial charge in [-0.05, 0) is 52.9 Å². The lowest BCUT2D eigenvalue weighted by molar-refractivity contribution is 0.401. The highest BCUT2D eigenvalue weighted by Gasteiger charge is 2.11. The lowest BCUT2D eigenvalue weighted by atomic mass is 10.0. The van der Waals surface area contributed by atoms with E-state index in [4.69, 9.17) is 8.83 Å². The van der Waals surface area contributed by atoms with Gasteiger partial charge in [-0.2, -0.15) is 0 Å². The van der Waals surface area contributed by atoms with E-state index in [0.717, 1.165) is 27.8 Å². The van der Waals surface area contributed by atoms with Crippen LogP contribution >= 0.6 is 23.5 Å². The number of rotatable bonds is 7. The molecule has 192 valence electrons. The second kappa shape index (κ2) is 10.9. The molecule has 0 unspecified atom stereocenters. The normalized spacial score (nSPS) is 11.3. The van der Waals surface area contributed by atoms with Gasteiger partial charge in [0.05, 0.1) is 21.8 Å². The SMILES string of the molecule is Cc1cccc2c(=O)oc(SCc3cccc(-c4ccc5c(=O)oc(SCc6ccccc6)nc5c4)c3)nc12. The van der Waals surface area contributed by atoms with Gasteiger partial charge in [-0.25, -0.2) is 19.6 Å². The van der Waals surface area contributed by atoms with E-state index >= 15 is 0 Å². The number of nitrogens with zero attached hydrogens (tertiary/aromatic N) is 2. The Labute approximate surface area is 232 Å². The lowest BCUT2D eigenvalue weighted by Gasteiger charge is -2.07. The molecule has 0 saturated carbocycles. The molecule has 0 N–H and O–H groups in total. The summed E-state index contributed by atoms with van der Waals surface area (Å²) < 4.78 is 10.9. The molecule has 0 fully saturated rings. The average molecular weight is 551 g/mol. The minimum atomic E-state index is -0.396. The summed E-state index contributed by atoms with van der Waals surface area (Å²) in [4.78, 5) is 34.2. The van der Waals surface area contributed by atoms with Crippen molar-refractivity contribution in [2.45, 2.75) is 28.9 Å². The highest BCUT2D eigenvalue weighted by molar-refractivity contribution is 7.98. The molecule has 4 aromatic carbocycles. The molecule has 0 atom stereocenters. The maximum Gasteiger partial charge on any atom is 0.347 e. The Morgan fingerprint density at radius 2 is 1.31 bits per heavy atom. The average Bonchev–Trinajstić information content (AvgIpc) is 2.96. The fourth-order valence-electron chi connectivity index (χ4n) is 4.28. The van der Waals surface area contributed by atoms with Crippen molar-refractivity contribution in [1.29, 1.82) is 0 Å². The van der Waals surface area contributed by atoms with E-state index < -0.39 is 5.63 Å². The third-order valence-corrected chi connectivity index (χ3v) is 8.08. The first kappa shape index (κ1) is 25.2. The molecule has 6 aromatic rings. The van der Waals surface area contributed by atoms with E-state index in [1.807, 2.05) is 79.7 Å². The molecule has 6 nitrogen and oxygen atoms in total. The van der Waals surface area contributed by atoms with Gasteiger partial charge in [0.2, 0.25) is 0 Å². The van der Waals surface area contributed by atoms with Crippen LogP contribution in [0.2, 0.25) is 0 Å². The maximum absolute atomic E-state index is 12.6. The predicted octanol–water partition coefficient (Wildman–Crippen LogP) is 7.25. The van der Waals surface area contributed by atoms with Crippen LogP contribution in [0, 0.1) is 6.92 Å². The van der Waals surface area contributed by atoms with Gasteiger partial charge in [0.25, 0.3) is 10.4 Å². The summed E-state index contributed by atoms with van der Waals surface area (Å²) in [6.45, 7) is 1.93. The van der Waals surface area contributed by atoms with E-state index in [9.17, 15) is 9.59 Å². The lowest BCUT2D eigenvalue weighted by Crippen LogP contribution is -2.03. The summed E-state index contributed by atoms with van der Waals surface area (Å²) in [5.74, 6) is 1.24. The number of fused-ring (bicyclic) bond motifs is 2. The quantitative estimate of drug-likeness (QED) is 0.192. The molecule has 6 rings (SSSR count). The molecule has 0 aliphatic heterocycles. The number of hydrogen-bond acceptors (Lipinski definition) is 8. The third-order valence-electron chi connectivity index (χ3n) is 6.28. The molecule has 0 radical (unpaired) electrons. The monoisotopic (exact) mass is 550 g/mol. The summed E-state index contributed by atoms with van der Waals surface area (Å²) in [5, 5.41) is 1.62. The van der Waals surface area contributed by atoms with Crippen LogP contribution in [0.4, 0.5) is 0 Å². The van der Waals surface area contributed by atoms with Crippen molar-refractivity contribution in [3.8, 4) is 11.1 Å². The van der Waals surface area contributed by atoms with Crippen molar-refractivity contribution >= 4 is 45.3 Å². The van der Waals surface area contributed by atoms with Gasteiger partial charge in [-0.1, -0.05) is 96.3 Å². The zero-order valence-electron chi connectivity index (χ0n) is 20.9. The number of hydrogen-bond donors (Lipinski definition) is 0. The van der Waals surface area contributed by atoms with E-state index in [1.54, 1.807) is 12.1 Å². The Hall–Kier alpha value is -4.14. The van der Waals surface area contributed by atoms with Crippen LogP contribution in [0.3, 0.4) is 0 Å². The number of aromatic nitrogens is 2. The molecule has 8 heteroatoms. The Balaban J connectivity index is 1.24. The Kier molecular flexibility index (Phi) is 7.04. The number of thioether (sulfide) groups is 2. The molecule has 0 aliphatic carbocycles. The largest absolute Gasteiger partial charge is 0.397 e. The number of aryl methyl sites for hydroxylation is 1. The van der Waals surface area contributed by atoms with Crippen molar-refractivity contribution in [2.24, 2.45) is 0 Å². The fraction of sp³-hybridized carbons (Fsp3) is 0.0968. The molecule has 2 heterocycles. The minimum absolute atomic E-state index is 0.342. The van der Waals surface area contributed by atoms with Crippen molar-refractivity contribution in [3.63, 3.8) is 0 Å². The fourth-order valence-corrected chi connectivity index (χ4v) is 5.82. The van der Waals surface area contributed by atoms with E-state index in [0.29, 0.717) is 43.8 Å². The first-order chi connectivity index (χ1) is 19.0. The molecule has 0 aliphatic rings. The van der Waals surface area contributed by atoms with E-state index in [1.165, 1.54) is 23.5 Å². The van der Waals surface area contributed by atoms with Crippen LogP contribution in [-0.2, 0) is 11.5 Å². The van der Waals surface area contributed by atoms with Crippen LogP contribution in [-0.4, -0.2) is 9.97 Å². The van der Waals surface area contributed by atoms with E-state index in [2.05, 4.69) is 16.0 Å². The topological polar surface area (TPSA) is 86.2 Å². The molecule has 0 saturated heterocycles. The van der Waals surface area contributed by atoms with Crippen LogP contribution in [0.15, 0.2) is 120 Å². The second-order valence-electron chi connectivity index (χ2n) is 9.00. The zero-order valence-corrected chi connectivity index (χ0v) is 22.6. The van der Waals surface area contributed by atoms with Crippen molar-refractivity contribution < 1.29 is 8.83 Å². The Morgan fingerprint density at radius 1 is 0.641 bits per heavy atom. The summed E-state index contributed by atoms with van der Waals surface area (Å²) in [6.07, 6.45) is 0. The molecule has 0 bridgehead atoms. The van der Waals surface area contributed by atoms with Gasteiger partial charge in [0.15, 0.2) is 0 Å². The van der Waals surface area contributed by atoms with Gasteiger partial charge in [0.1, 0.15) is 0 Å².